The van der Waals surface area contributed by atoms with Crippen molar-refractivity contribution in [1.29, 1.82) is 0 Å². The van der Waals surface area contributed by atoms with Gasteiger partial charge in [0.05, 0.1) is 27.9 Å². The van der Waals surface area contributed by atoms with Crippen molar-refractivity contribution in [3.8, 4) is 17.2 Å². The van der Waals surface area contributed by atoms with Crippen LogP contribution in [0.3, 0.4) is 0 Å². The normalized spacial score (nSPS) is 18.2. The summed E-state index contributed by atoms with van der Waals surface area (Å²) in [6, 6.07) is 3.94. The second-order valence-electron chi connectivity index (χ2n) is 9.15. The molecule has 0 unspecified atom stereocenters. The van der Waals surface area contributed by atoms with E-state index in [1.165, 1.54) is 6.26 Å². The molecule has 2 aliphatic heterocycles. The van der Waals surface area contributed by atoms with Crippen LogP contribution in [-0.4, -0.2) is 86.2 Å². The van der Waals surface area contributed by atoms with E-state index < -0.39 is 0 Å². The maximum absolute atomic E-state index is 12.7. The molecule has 0 atom stereocenters. The number of carbonyl (C=O) groups is 1. The number of benzene rings is 1. The van der Waals surface area contributed by atoms with E-state index in [0.717, 1.165) is 64.2 Å². The predicted octanol–water partition coefficient (Wildman–Crippen LogP) is 2.89. The fourth-order valence-corrected chi connectivity index (χ4v) is 4.68. The van der Waals surface area contributed by atoms with E-state index in [0.29, 0.717) is 41.3 Å². The molecule has 0 aliphatic carbocycles. The number of rotatable bonds is 8. The zero-order chi connectivity index (χ0) is 24.1. The molecule has 34 heavy (non-hydrogen) atoms. The second kappa shape index (κ2) is 11.1. The first-order valence-corrected chi connectivity index (χ1v) is 12.0. The number of likely N-dealkylation sites (tertiary alicyclic amines) is 1. The molecule has 3 heterocycles. The summed E-state index contributed by atoms with van der Waals surface area (Å²) in [5.74, 6) is 3.26. The van der Waals surface area contributed by atoms with Gasteiger partial charge in [-0.15, -0.1) is 0 Å². The third-order valence-corrected chi connectivity index (χ3v) is 6.85. The lowest BCUT2D eigenvalue weighted by molar-refractivity contribution is 0.0691. The molecule has 186 valence electrons. The van der Waals surface area contributed by atoms with Crippen LogP contribution in [0.5, 0.6) is 17.2 Å². The van der Waals surface area contributed by atoms with Crippen molar-refractivity contribution in [1.82, 2.24) is 19.7 Å². The molecule has 1 aromatic carbocycles. The Morgan fingerprint density at radius 2 is 1.59 bits per heavy atom. The van der Waals surface area contributed by atoms with Gasteiger partial charge >= 0.3 is 0 Å². The minimum absolute atomic E-state index is 0.0180. The monoisotopic (exact) mass is 472 g/mol. The minimum atomic E-state index is -0.0180. The quantitative estimate of drug-likeness (QED) is 0.580. The number of methoxy groups -OCH3 is 3. The van der Waals surface area contributed by atoms with Crippen molar-refractivity contribution in [2.45, 2.75) is 32.9 Å². The Morgan fingerprint density at radius 3 is 2.21 bits per heavy atom. The Balaban J connectivity index is 1.29. The van der Waals surface area contributed by atoms with Crippen molar-refractivity contribution in [3.05, 3.63) is 35.5 Å². The molecule has 9 nitrogen and oxygen atoms in total. The number of ether oxygens (including phenoxy) is 3. The molecule has 0 spiro atoms. The number of hydrogen-bond donors (Lipinski definition) is 0. The number of nitrogens with zero attached hydrogens (tertiary/aromatic N) is 4. The van der Waals surface area contributed by atoms with Crippen LogP contribution in [0.15, 0.2) is 22.8 Å². The molecule has 1 aromatic heterocycles. The van der Waals surface area contributed by atoms with Crippen LogP contribution in [0.2, 0.25) is 0 Å². The summed E-state index contributed by atoms with van der Waals surface area (Å²) in [7, 11) is 4.90. The zero-order valence-corrected chi connectivity index (χ0v) is 20.7. The third kappa shape index (κ3) is 5.47. The van der Waals surface area contributed by atoms with Crippen LogP contribution in [0.25, 0.3) is 0 Å². The number of oxazole rings is 1. The molecule has 2 fully saturated rings. The Labute approximate surface area is 201 Å². The van der Waals surface area contributed by atoms with Gasteiger partial charge < -0.3 is 23.5 Å². The van der Waals surface area contributed by atoms with E-state index in [-0.39, 0.29) is 5.91 Å². The van der Waals surface area contributed by atoms with Crippen molar-refractivity contribution < 1.29 is 23.4 Å². The number of carbonyl (C=O) groups excluding carboxylic acids is 1. The summed E-state index contributed by atoms with van der Waals surface area (Å²) in [5, 5.41) is 0. The van der Waals surface area contributed by atoms with Crippen LogP contribution in [0.1, 0.15) is 41.7 Å². The van der Waals surface area contributed by atoms with E-state index in [2.05, 4.69) is 21.7 Å². The van der Waals surface area contributed by atoms with E-state index >= 15 is 0 Å². The zero-order valence-electron chi connectivity index (χ0n) is 20.7. The second-order valence-corrected chi connectivity index (χ2v) is 9.15. The van der Waals surface area contributed by atoms with Crippen LogP contribution < -0.4 is 14.2 Å². The van der Waals surface area contributed by atoms with E-state index in [1.54, 1.807) is 21.3 Å². The molecule has 4 rings (SSSR count). The number of piperidine rings is 1. The molecule has 2 aliphatic rings. The molecular formula is C25H36N4O5. The number of piperazine rings is 1. The van der Waals surface area contributed by atoms with Gasteiger partial charge in [0, 0.05) is 51.4 Å². The Kier molecular flexibility index (Phi) is 7.95. The van der Waals surface area contributed by atoms with E-state index in [4.69, 9.17) is 18.6 Å². The highest BCUT2D eigenvalue weighted by Crippen LogP contribution is 2.40. The predicted molar refractivity (Wildman–Crippen MR) is 127 cm³/mol. The van der Waals surface area contributed by atoms with Gasteiger partial charge in [-0.25, -0.2) is 4.98 Å². The highest BCUT2D eigenvalue weighted by molar-refractivity contribution is 5.92. The van der Waals surface area contributed by atoms with Crippen molar-refractivity contribution in [2.75, 3.05) is 60.6 Å². The largest absolute Gasteiger partial charge is 0.493 e. The maximum Gasteiger partial charge on any atom is 0.275 e. The molecule has 1 amide bonds. The fourth-order valence-electron chi connectivity index (χ4n) is 4.68. The molecule has 0 N–H and O–H groups in total. The topological polar surface area (TPSA) is 80.5 Å². The average molecular weight is 473 g/mol. The van der Waals surface area contributed by atoms with Gasteiger partial charge in [-0.3, -0.25) is 14.6 Å². The van der Waals surface area contributed by atoms with Gasteiger partial charge in [0.15, 0.2) is 17.2 Å². The highest BCUT2D eigenvalue weighted by Gasteiger charge is 2.25. The Hall–Kier alpha value is -2.78. The average Bonchev–Trinajstić information content (AvgIpc) is 3.33. The smallest absolute Gasteiger partial charge is 0.275 e. The first-order chi connectivity index (χ1) is 16.5. The first kappa shape index (κ1) is 24.3. The molecular weight excluding hydrogens is 436 g/mol. The fraction of sp³-hybridized carbons (Fsp3) is 0.600. The van der Waals surface area contributed by atoms with Crippen molar-refractivity contribution in [2.24, 2.45) is 5.92 Å². The third-order valence-electron chi connectivity index (χ3n) is 6.85. The molecule has 0 radical (unpaired) electrons. The maximum atomic E-state index is 12.7. The van der Waals surface area contributed by atoms with Crippen molar-refractivity contribution in [3.63, 3.8) is 0 Å². The molecule has 2 saturated heterocycles. The summed E-state index contributed by atoms with van der Waals surface area (Å²) < 4.78 is 22.2. The molecule has 2 aromatic rings. The van der Waals surface area contributed by atoms with E-state index in [9.17, 15) is 4.79 Å². The Morgan fingerprint density at radius 1 is 0.941 bits per heavy atom. The summed E-state index contributed by atoms with van der Waals surface area (Å²) in [6.45, 7) is 8.83. The molecule has 0 bridgehead atoms. The first-order valence-electron chi connectivity index (χ1n) is 12.0. The number of hydrogen-bond acceptors (Lipinski definition) is 8. The summed E-state index contributed by atoms with van der Waals surface area (Å²) in [6.07, 6.45) is 3.61. The van der Waals surface area contributed by atoms with Gasteiger partial charge in [-0.1, -0.05) is 13.0 Å². The Bertz CT molecular complexity index is 962. The molecule has 9 heteroatoms. The standard InChI is InChI=1S/C25H36N4O5/c1-18-7-9-29(10-8-18)25(30)20-17-34-22(26-20)16-28-13-11-27(12-14-28)15-19-5-6-21(31-2)24(33-4)23(19)32-3/h5-6,17-18H,7-16H2,1-4H3. The van der Waals surface area contributed by atoms with Crippen LogP contribution >= 0.6 is 0 Å². The van der Waals surface area contributed by atoms with Gasteiger partial charge in [0.25, 0.3) is 5.91 Å². The van der Waals surface area contributed by atoms with Crippen LogP contribution in [-0.2, 0) is 13.1 Å². The van der Waals surface area contributed by atoms with Gasteiger partial charge in [0.2, 0.25) is 11.6 Å². The number of amides is 1. The molecule has 0 saturated carbocycles. The van der Waals surface area contributed by atoms with Crippen LogP contribution in [0.4, 0.5) is 0 Å². The lowest BCUT2D eigenvalue weighted by Crippen LogP contribution is -2.45. The minimum Gasteiger partial charge on any atom is -0.493 e. The summed E-state index contributed by atoms with van der Waals surface area (Å²) >= 11 is 0. The van der Waals surface area contributed by atoms with Gasteiger partial charge in [0.1, 0.15) is 6.26 Å². The van der Waals surface area contributed by atoms with Gasteiger partial charge in [-0.2, -0.15) is 0 Å². The lowest BCUT2D eigenvalue weighted by Gasteiger charge is -2.34. The lowest BCUT2D eigenvalue weighted by atomic mass is 9.99. The number of aromatic nitrogens is 1. The van der Waals surface area contributed by atoms with Gasteiger partial charge in [-0.05, 0) is 24.8 Å². The summed E-state index contributed by atoms with van der Waals surface area (Å²) in [4.78, 5) is 23.8. The summed E-state index contributed by atoms with van der Waals surface area (Å²) in [5.41, 5.74) is 1.49. The van der Waals surface area contributed by atoms with E-state index in [1.807, 2.05) is 17.0 Å². The van der Waals surface area contributed by atoms with Crippen LogP contribution in [0, 0.1) is 5.92 Å². The SMILES string of the molecule is COc1ccc(CN2CCN(Cc3nc(C(=O)N4CCC(C)CC4)co3)CC2)c(OC)c1OC. The highest BCUT2D eigenvalue weighted by atomic mass is 16.5. The van der Waals surface area contributed by atoms with Crippen molar-refractivity contribution >= 4 is 5.91 Å².